The zero-order chi connectivity index (χ0) is 23.9. The molecule has 10 heteroatoms. The SMILES string of the molecule is COC(=O)c1c(N)/c(=C\c2ccccc2F)c2n1C(=O)[C@@H](c1ccccc1F)SC=2C(N)=O. The van der Waals surface area contributed by atoms with Crippen molar-refractivity contribution in [2.75, 3.05) is 12.8 Å². The van der Waals surface area contributed by atoms with Gasteiger partial charge < -0.3 is 16.2 Å². The molecule has 1 aliphatic heterocycles. The maximum Gasteiger partial charge on any atom is 0.357 e. The molecule has 0 aliphatic carbocycles. The van der Waals surface area contributed by atoms with Crippen LogP contribution < -0.4 is 22.0 Å². The first kappa shape index (κ1) is 22.3. The van der Waals surface area contributed by atoms with E-state index in [0.717, 1.165) is 23.4 Å². The lowest BCUT2D eigenvalue weighted by molar-refractivity contribution is -0.112. The molecule has 1 amide bonds. The smallest absolute Gasteiger partial charge is 0.357 e. The van der Waals surface area contributed by atoms with Crippen LogP contribution in [0.25, 0.3) is 11.0 Å². The Labute approximate surface area is 190 Å². The number of fused-ring (bicyclic) bond motifs is 1. The maximum absolute atomic E-state index is 14.5. The number of nitrogen functional groups attached to an aromatic ring is 1. The molecule has 0 unspecified atom stereocenters. The number of nitrogens with zero attached hydrogens (tertiary/aromatic N) is 1. The Morgan fingerprint density at radius 2 is 1.73 bits per heavy atom. The van der Waals surface area contributed by atoms with Crippen LogP contribution in [0.3, 0.4) is 0 Å². The number of anilines is 1. The predicted octanol–water partition coefficient (Wildman–Crippen LogP) is 1.69. The van der Waals surface area contributed by atoms with Crippen LogP contribution in [-0.4, -0.2) is 29.5 Å². The quantitative estimate of drug-likeness (QED) is 0.562. The summed E-state index contributed by atoms with van der Waals surface area (Å²) in [6.45, 7) is 0. The first-order chi connectivity index (χ1) is 15.8. The molecule has 168 valence electrons. The van der Waals surface area contributed by atoms with E-state index in [2.05, 4.69) is 0 Å². The van der Waals surface area contributed by atoms with Gasteiger partial charge in [0.2, 0.25) is 5.91 Å². The summed E-state index contributed by atoms with van der Waals surface area (Å²) in [5, 5.41) is -1.26. The zero-order valence-electron chi connectivity index (χ0n) is 17.2. The van der Waals surface area contributed by atoms with Crippen molar-refractivity contribution in [1.29, 1.82) is 0 Å². The number of halogens is 2. The number of hydrogen-bond acceptors (Lipinski definition) is 6. The number of benzene rings is 2. The predicted molar refractivity (Wildman–Crippen MR) is 119 cm³/mol. The molecule has 0 spiro atoms. The van der Waals surface area contributed by atoms with Crippen LogP contribution in [0.4, 0.5) is 14.5 Å². The molecule has 2 heterocycles. The number of carbonyl (C=O) groups is 3. The van der Waals surface area contributed by atoms with Crippen molar-refractivity contribution in [3.63, 3.8) is 0 Å². The second-order valence-electron chi connectivity index (χ2n) is 7.07. The summed E-state index contributed by atoms with van der Waals surface area (Å²) in [5.74, 6) is -3.87. The van der Waals surface area contributed by atoms with Crippen molar-refractivity contribution in [1.82, 2.24) is 4.57 Å². The second-order valence-corrected chi connectivity index (χ2v) is 8.18. The van der Waals surface area contributed by atoms with Gasteiger partial charge in [0.1, 0.15) is 16.9 Å². The summed E-state index contributed by atoms with van der Waals surface area (Å²) in [4.78, 5) is 38.4. The lowest BCUT2D eigenvalue weighted by Crippen LogP contribution is -2.43. The lowest BCUT2D eigenvalue weighted by atomic mass is 10.1. The van der Waals surface area contributed by atoms with E-state index in [1.807, 2.05) is 0 Å². The number of aromatic nitrogens is 1. The van der Waals surface area contributed by atoms with Crippen LogP contribution in [0, 0.1) is 11.6 Å². The van der Waals surface area contributed by atoms with Crippen LogP contribution in [-0.2, 0) is 9.53 Å². The Bertz CT molecular complexity index is 1450. The molecular weight excluding hydrogens is 452 g/mol. The van der Waals surface area contributed by atoms with E-state index in [9.17, 15) is 23.2 Å². The third-order valence-corrected chi connectivity index (χ3v) is 6.46. The molecule has 4 N–H and O–H groups in total. The summed E-state index contributed by atoms with van der Waals surface area (Å²) < 4.78 is 34.6. The molecule has 33 heavy (non-hydrogen) atoms. The lowest BCUT2D eigenvalue weighted by Gasteiger charge is -2.23. The highest BCUT2D eigenvalue weighted by molar-refractivity contribution is 8.10. The first-order valence-electron chi connectivity index (χ1n) is 9.60. The minimum absolute atomic E-state index is 0.000351. The van der Waals surface area contributed by atoms with Crippen LogP contribution in [0.5, 0.6) is 0 Å². The normalized spacial score (nSPS) is 16.0. The number of methoxy groups -OCH3 is 1. The average molecular weight is 469 g/mol. The molecule has 0 bridgehead atoms. The van der Waals surface area contributed by atoms with E-state index >= 15 is 0 Å². The van der Waals surface area contributed by atoms with Gasteiger partial charge in [-0.2, -0.15) is 0 Å². The monoisotopic (exact) mass is 469 g/mol. The van der Waals surface area contributed by atoms with Gasteiger partial charge in [-0.1, -0.05) is 48.2 Å². The second kappa shape index (κ2) is 8.55. The third-order valence-electron chi connectivity index (χ3n) is 5.14. The van der Waals surface area contributed by atoms with Crippen molar-refractivity contribution in [2.24, 2.45) is 5.73 Å². The summed E-state index contributed by atoms with van der Waals surface area (Å²) >= 11 is 0.738. The molecule has 0 fully saturated rings. The van der Waals surface area contributed by atoms with Crippen molar-refractivity contribution >= 4 is 46.2 Å². The number of nitrogens with two attached hydrogens (primary N) is 2. The number of ether oxygens (including phenoxy) is 1. The van der Waals surface area contributed by atoms with Gasteiger partial charge in [0, 0.05) is 16.3 Å². The van der Waals surface area contributed by atoms with Crippen molar-refractivity contribution in [3.8, 4) is 0 Å². The molecule has 4 rings (SSSR count). The molecule has 0 radical (unpaired) electrons. The first-order valence-corrected chi connectivity index (χ1v) is 10.5. The van der Waals surface area contributed by atoms with Crippen molar-refractivity contribution in [2.45, 2.75) is 5.25 Å². The van der Waals surface area contributed by atoms with Crippen molar-refractivity contribution in [3.05, 3.63) is 87.6 Å². The van der Waals surface area contributed by atoms with E-state index in [4.69, 9.17) is 16.2 Å². The molecule has 0 saturated heterocycles. The number of esters is 1. The van der Waals surface area contributed by atoms with Gasteiger partial charge in [-0.05, 0) is 18.2 Å². The molecule has 2 aromatic carbocycles. The van der Waals surface area contributed by atoms with Gasteiger partial charge in [0.05, 0.1) is 23.1 Å². The Kier molecular flexibility index (Phi) is 5.77. The Morgan fingerprint density at radius 3 is 2.33 bits per heavy atom. The topological polar surface area (TPSA) is 117 Å². The standard InChI is InChI=1S/C23H17F2N3O4S/c1-32-23(31)18-16(26)13(10-11-6-2-4-8-14(11)24)17-20(21(27)29)33-19(22(30)28(17)18)12-7-3-5-9-15(12)25/h2-10,19H,26H2,1H3,(H2,27,29)/b13-10+/t19-/m1/s1. The Balaban J connectivity index is 2.13. The van der Waals surface area contributed by atoms with E-state index in [1.54, 1.807) is 6.07 Å². The summed E-state index contributed by atoms with van der Waals surface area (Å²) in [5.41, 5.74) is 11.4. The van der Waals surface area contributed by atoms with E-state index < -0.39 is 34.7 Å². The molecule has 7 nitrogen and oxygen atoms in total. The summed E-state index contributed by atoms with van der Waals surface area (Å²) in [6, 6.07) is 11.3. The molecule has 1 atom stereocenters. The molecule has 0 saturated carbocycles. The van der Waals surface area contributed by atoms with E-state index in [1.165, 1.54) is 48.5 Å². The molecule has 1 aromatic heterocycles. The fraction of sp³-hybridized carbons (Fsp3) is 0.0870. The summed E-state index contributed by atoms with van der Waals surface area (Å²) in [7, 11) is 1.09. The fourth-order valence-corrected chi connectivity index (χ4v) is 4.83. The van der Waals surface area contributed by atoms with E-state index in [-0.39, 0.29) is 38.0 Å². The van der Waals surface area contributed by atoms with Gasteiger partial charge in [-0.3, -0.25) is 14.2 Å². The number of primary amides is 1. The summed E-state index contributed by atoms with van der Waals surface area (Å²) in [6.07, 6.45) is 1.31. The van der Waals surface area contributed by atoms with Crippen LogP contribution in [0.2, 0.25) is 0 Å². The number of carbonyl (C=O) groups excluding carboxylic acids is 3. The number of hydrogen-bond donors (Lipinski definition) is 2. The van der Waals surface area contributed by atoms with Gasteiger partial charge in [0.15, 0.2) is 5.69 Å². The minimum Gasteiger partial charge on any atom is -0.464 e. The van der Waals surface area contributed by atoms with Gasteiger partial charge in [-0.25, -0.2) is 13.6 Å². The average Bonchev–Trinajstić information content (AvgIpc) is 3.08. The highest BCUT2D eigenvalue weighted by atomic mass is 32.2. The van der Waals surface area contributed by atoms with Crippen LogP contribution in [0.1, 0.15) is 31.7 Å². The molecular formula is C23H17F2N3O4S. The number of thioether (sulfide) groups is 1. The zero-order valence-corrected chi connectivity index (χ0v) is 18.0. The van der Waals surface area contributed by atoms with Gasteiger partial charge in [0.25, 0.3) is 5.91 Å². The van der Waals surface area contributed by atoms with Crippen LogP contribution in [0.15, 0.2) is 48.5 Å². The largest absolute Gasteiger partial charge is 0.464 e. The highest BCUT2D eigenvalue weighted by Gasteiger charge is 2.38. The Hall–Kier alpha value is -3.92. The number of amides is 1. The third kappa shape index (κ3) is 3.68. The highest BCUT2D eigenvalue weighted by Crippen LogP contribution is 2.39. The van der Waals surface area contributed by atoms with Crippen LogP contribution >= 0.6 is 11.8 Å². The van der Waals surface area contributed by atoms with E-state index in [0.29, 0.717) is 0 Å². The molecule has 3 aromatic rings. The minimum atomic E-state index is -1.22. The van der Waals surface area contributed by atoms with Gasteiger partial charge >= 0.3 is 5.97 Å². The molecule has 1 aliphatic rings. The van der Waals surface area contributed by atoms with Crippen molar-refractivity contribution < 1.29 is 27.9 Å². The Morgan fingerprint density at radius 1 is 1.09 bits per heavy atom. The maximum atomic E-state index is 14.5. The van der Waals surface area contributed by atoms with Gasteiger partial charge in [-0.15, -0.1) is 0 Å². The number of rotatable bonds is 4. The fourth-order valence-electron chi connectivity index (χ4n) is 3.64.